The SMILES string of the molecule is CC(O)CCN(C)CCC(=O)c1ccc(Br)cc1Cl. The first kappa shape index (κ1) is 16.6. The highest BCUT2D eigenvalue weighted by molar-refractivity contribution is 9.10. The van der Waals surface area contributed by atoms with Gasteiger partial charge >= 0.3 is 0 Å². The lowest BCUT2D eigenvalue weighted by Gasteiger charge is -2.17. The van der Waals surface area contributed by atoms with Crippen LogP contribution in [0.4, 0.5) is 0 Å². The molecule has 106 valence electrons. The molecule has 3 nitrogen and oxygen atoms in total. The molecule has 0 aliphatic carbocycles. The number of aliphatic hydroxyl groups excluding tert-OH is 1. The number of benzene rings is 1. The summed E-state index contributed by atoms with van der Waals surface area (Å²) < 4.78 is 0.864. The number of aliphatic hydroxyl groups is 1. The van der Waals surface area contributed by atoms with Gasteiger partial charge in [-0.25, -0.2) is 0 Å². The van der Waals surface area contributed by atoms with Crippen LogP contribution in [0.3, 0.4) is 0 Å². The zero-order valence-electron chi connectivity index (χ0n) is 11.2. The first-order chi connectivity index (χ1) is 8.90. The third kappa shape index (κ3) is 6.04. The van der Waals surface area contributed by atoms with Crippen molar-refractivity contribution in [3.63, 3.8) is 0 Å². The Bertz CT molecular complexity index is 437. The third-order valence-corrected chi connectivity index (χ3v) is 3.69. The molecular weight excluding hydrogens is 330 g/mol. The van der Waals surface area contributed by atoms with E-state index in [4.69, 9.17) is 11.6 Å². The molecule has 0 bridgehead atoms. The van der Waals surface area contributed by atoms with E-state index in [1.165, 1.54) is 0 Å². The Hall–Kier alpha value is -0.420. The second kappa shape index (κ2) is 8.00. The zero-order chi connectivity index (χ0) is 14.4. The van der Waals surface area contributed by atoms with Crippen LogP contribution < -0.4 is 0 Å². The van der Waals surface area contributed by atoms with E-state index >= 15 is 0 Å². The zero-order valence-corrected chi connectivity index (χ0v) is 13.5. The molecule has 0 aromatic heterocycles. The molecule has 1 atom stereocenters. The molecule has 1 rings (SSSR count). The van der Waals surface area contributed by atoms with Crippen LogP contribution in [0.5, 0.6) is 0 Å². The van der Waals surface area contributed by atoms with E-state index in [0.29, 0.717) is 30.0 Å². The van der Waals surface area contributed by atoms with Gasteiger partial charge in [-0.15, -0.1) is 0 Å². The number of halogens is 2. The number of hydrogen-bond donors (Lipinski definition) is 1. The van der Waals surface area contributed by atoms with Gasteiger partial charge in [-0.3, -0.25) is 4.79 Å². The van der Waals surface area contributed by atoms with Gasteiger partial charge in [-0.2, -0.15) is 0 Å². The Morgan fingerprint density at radius 3 is 2.74 bits per heavy atom. The minimum atomic E-state index is -0.306. The van der Waals surface area contributed by atoms with Crippen LogP contribution in [0.1, 0.15) is 30.1 Å². The summed E-state index contributed by atoms with van der Waals surface area (Å²) in [5, 5.41) is 9.68. The quantitative estimate of drug-likeness (QED) is 0.768. The maximum absolute atomic E-state index is 12.0. The average molecular weight is 349 g/mol. The number of nitrogens with zero attached hydrogens (tertiary/aromatic N) is 1. The van der Waals surface area contributed by atoms with Gasteiger partial charge in [0.15, 0.2) is 5.78 Å². The summed E-state index contributed by atoms with van der Waals surface area (Å²) in [5.74, 6) is 0.0430. The summed E-state index contributed by atoms with van der Waals surface area (Å²) in [5.41, 5.74) is 0.564. The smallest absolute Gasteiger partial charge is 0.165 e. The molecule has 0 heterocycles. The van der Waals surface area contributed by atoms with Crippen molar-refractivity contribution in [3.05, 3.63) is 33.3 Å². The summed E-state index contributed by atoms with van der Waals surface area (Å²) in [6.07, 6.45) is 0.834. The number of carbonyl (C=O) groups is 1. The highest BCUT2D eigenvalue weighted by Gasteiger charge is 2.11. The van der Waals surface area contributed by atoms with Crippen molar-refractivity contribution in [3.8, 4) is 0 Å². The molecule has 0 aliphatic rings. The van der Waals surface area contributed by atoms with Crippen LogP contribution in [-0.4, -0.2) is 42.0 Å². The second-order valence-electron chi connectivity index (χ2n) is 4.74. The lowest BCUT2D eigenvalue weighted by Crippen LogP contribution is -2.25. The highest BCUT2D eigenvalue weighted by Crippen LogP contribution is 2.22. The van der Waals surface area contributed by atoms with E-state index in [1.807, 2.05) is 18.0 Å². The average Bonchev–Trinajstić information content (AvgIpc) is 2.33. The Kier molecular flexibility index (Phi) is 7.00. The minimum absolute atomic E-state index is 0.0430. The number of Topliss-reactive ketones (excluding diaryl/α,β-unsaturated/α-hetero) is 1. The monoisotopic (exact) mass is 347 g/mol. The van der Waals surface area contributed by atoms with Gasteiger partial charge in [0.25, 0.3) is 0 Å². The fourth-order valence-electron chi connectivity index (χ4n) is 1.66. The van der Waals surface area contributed by atoms with Crippen molar-refractivity contribution >= 4 is 33.3 Å². The molecule has 0 fully saturated rings. The molecule has 0 radical (unpaired) electrons. The highest BCUT2D eigenvalue weighted by atomic mass is 79.9. The molecule has 0 aliphatic heterocycles. The Morgan fingerprint density at radius 1 is 1.47 bits per heavy atom. The van der Waals surface area contributed by atoms with Gasteiger partial charge in [0.2, 0.25) is 0 Å². The molecule has 19 heavy (non-hydrogen) atoms. The first-order valence-electron chi connectivity index (χ1n) is 6.25. The summed E-state index contributed by atoms with van der Waals surface area (Å²) in [6.45, 7) is 3.21. The number of carbonyl (C=O) groups excluding carboxylic acids is 1. The number of hydrogen-bond acceptors (Lipinski definition) is 3. The van der Waals surface area contributed by atoms with Crippen molar-refractivity contribution in [2.75, 3.05) is 20.1 Å². The summed E-state index contributed by atoms with van der Waals surface area (Å²) in [7, 11) is 1.94. The van der Waals surface area contributed by atoms with E-state index in [1.54, 1.807) is 19.1 Å². The molecule has 0 saturated heterocycles. The lowest BCUT2D eigenvalue weighted by atomic mass is 10.1. The third-order valence-electron chi connectivity index (χ3n) is 2.88. The van der Waals surface area contributed by atoms with Gasteiger partial charge in [0.05, 0.1) is 11.1 Å². The molecular formula is C14H19BrClNO2. The lowest BCUT2D eigenvalue weighted by molar-refractivity contribution is 0.0965. The van der Waals surface area contributed by atoms with Crippen LogP contribution in [0, 0.1) is 0 Å². The summed E-state index contributed by atoms with van der Waals surface area (Å²) in [4.78, 5) is 14.1. The van der Waals surface area contributed by atoms with Gasteiger partial charge in [-0.1, -0.05) is 27.5 Å². The van der Waals surface area contributed by atoms with Crippen LogP contribution in [-0.2, 0) is 0 Å². The fraction of sp³-hybridized carbons (Fsp3) is 0.500. The topological polar surface area (TPSA) is 40.5 Å². The maximum atomic E-state index is 12.0. The predicted octanol–water partition coefficient (Wildman–Crippen LogP) is 3.38. The van der Waals surface area contributed by atoms with E-state index in [-0.39, 0.29) is 11.9 Å². The van der Waals surface area contributed by atoms with E-state index < -0.39 is 0 Å². The van der Waals surface area contributed by atoms with Gasteiger partial charge in [0.1, 0.15) is 0 Å². The molecule has 5 heteroatoms. The largest absolute Gasteiger partial charge is 0.393 e. The molecule has 0 spiro atoms. The molecule has 1 N–H and O–H groups in total. The standard InChI is InChI=1S/C14H19BrClNO2/c1-10(18)5-7-17(2)8-6-14(19)12-4-3-11(15)9-13(12)16/h3-4,9-10,18H,5-8H2,1-2H3. The van der Waals surface area contributed by atoms with Crippen molar-refractivity contribution < 1.29 is 9.90 Å². The van der Waals surface area contributed by atoms with Crippen molar-refractivity contribution in [2.24, 2.45) is 0 Å². The van der Waals surface area contributed by atoms with Crippen LogP contribution in [0.15, 0.2) is 22.7 Å². The fourth-order valence-corrected chi connectivity index (χ4v) is 2.44. The van der Waals surface area contributed by atoms with E-state index in [2.05, 4.69) is 15.9 Å². The Labute approximate surface area is 127 Å². The van der Waals surface area contributed by atoms with Gasteiger partial charge in [-0.05, 0) is 38.6 Å². The summed E-state index contributed by atoms with van der Waals surface area (Å²) >= 11 is 9.36. The van der Waals surface area contributed by atoms with Gasteiger partial charge in [0, 0.05) is 29.5 Å². The molecule has 1 unspecified atom stereocenters. The predicted molar refractivity (Wildman–Crippen MR) is 81.9 cm³/mol. The normalized spacial score (nSPS) is 12.7. The van der Waals surface area contributed by atoms with Crippen LogP contribution >= 0.6 is 27.5 Å². The molecule has 1 aromatic rings. The summed E-state index contributed by atoms with van der Waals surface area (Å²) in [6, 6.07) is 5.28. The van der Waals surface area contributed by atoms with Crippen molar-refractivity contribution in [1.82, 2.24) is 4.90 Å². The maximum Gasteiger partial charge on any atom is 0.165 e. The first-order valence-corrected chi connectivity index (χ1v) is 7.42. The number of ketones is 1. The Balaban J connectivity index is 2.47. The second-order valence-corrected chi connectivity index (χ2v) is 6.06. The molecule has 0 amide bonds. The van der Waals surface area contributed by atoms with Gasteiger partial charge < -0.3 is 10.0 Å². The van der Waals surface area contributed by atoms with E-state index in [9.17, 15) is 9.90 Å². The number of rotatable bonds is 7. The minimum Gasteiger partial charge on any atom is -0.393 e. The molecule has 0 saturated carbocycles. The van der Waals surface area contributed by atoms with Crippen LogP contribution in [0.25, 0.3) is 0 Å². The molecule has 1 aromatic carbocycles. The van der Waals surface area contributed by atoms with Crippen molar-refractivity contribution in [1.29, 1.82) is 0 Å². The van der Waals surface area contributed by atoms with Crippen LogP contribution in [0.2, 0.25) is 5.02 Å². The van der Waals surface area contributed by atoms with E-state index in [0.717, 1.165) is 11.0 Å². The van der Waals surface area contributed by atoms with Crippen molar-refractivity contribution in [2.45, 2.75) is 25.9 Å². The Morgan fingerprint density at radius 2 is 2.16 bits per heavy atom.